The van der Waals surface area contributed by atoms with E-state index in [4.69, 9.17) is 27.4 Å². The second-order valence-corrected chi connectivity index (χ2v) is 7.91. The predicted octanol–water partition coefficient (Wildman–Crippen LogP) is -2.35. The van der Waals surface area contributed by atoms with Crippen LogP contribution in [-0.2, 0) is 30.4 Å². The van der Waals surface area contributed by atoms with E-state index in [1.807, 2.05) is 30.3 Å². The van der Waals surface area contributed by atoms with Crippen LogP contribution in [-0.4, -0.2) is 77.0 Å². The maximum atomic E-state index is 12.7. The van der Waals surface area contributed by atoms with Gasteiger partial charge in [-0.2, -0.15) is 0 Å². The predicted molar refractivity (Wildman–Crippen MR) is 129 cm³/mol. The fourth-order valence-corrected chi connectivity index (χ4v) is 3.07. The molecule has 0 saturated carbocycles. The van der Waals surface area contributed by atoms with Crippen molar-refractivity contribution < 1.29 is 34.2 Å². The maximum Gasteiger partial charge on any atom is 0.326 e. The van der Waals surface area contributed by atoms with Crippen LogP contribution in [0.1, 0.15) is 31.2 Å². The topological polar surface area (TPSA) is 252 Å². The first-order valence-corrected chi connectivity index (χ1v) is 11.2. The van der Waals surface area contributed by atoms with Crippen LogP contribution in [0.2, 0.25) is 0 Å². The van der Waals surface area contributed by atoms with Crippen molar-refractivity contribution in [1.29, 1.82) is 0 Å². The molecule has 3 amide bonds. The number of carboxylic acids is 2. The van der Waals surface area contributed by atoms with Gasteiger partial charge in [-0.1, -0.05) is 30.3 Å². The highest BCUT2D eigenvalue weighted by Gasteiger charge is 2.25. The standard InChI is InChI=1S/C22H33N7O7/c23-14(11-13-5-2-1-3-6-13)19(33)29-15(7-4-10-26-22(24)25)20(34)27-12-17(30)28-16(21(35)36)8-9-18(31)32/h1-3,5-6,14-16H,4,7-12,23H2,(H,27,34)(H,28,30)(H,29,33)(H,31,32)(H,35,36)(H4,24,25,26). The van der Waals surface area contributed by atoms with Crippen molar-refractivity contribution in [3.63, 3.8) is 0 Å². The summed E-state index contributed by atoms with van der Waals surface area (Å²) in [7, 11) is 0. The largest absolute Gasteiger partial charge is 0.481 e. The number of carboxylic acid groups (broad SMARTS) is 2. The van der Waals surface area contributed by atoms with Crippen molar-refractivity contribution in [2.45, 2.75) is 50.2 Å². The zero-order valence-electron chi connectivity index (χ0n) is 19.7. The Labute approximate surface area is 207 Å². The van der Waals surface area contributed by atoms with Crippen molar-refractivity contribution in [3.05, 3.63) is 35.9 Å². The van der Waals surface area contributed by atoms with Crippen molar-refractivity contribution in [2.75, 3.05) is 13.1 Å². The molecule has 14 nitrogen and oxygen atoms in total. The Morgan fingerprint density at radius 2 is 1.58 bits per heavy atom. The zero-order valence-corrected chi connectivity index (χ0v) is 19.7. The molecule has 0 spiro atoms. The Bertz CT molecular complexity index is 936. The molecule has 0 heterocycles. The third-order valence-corrected chi connectivity index (χ3v) is 4.92. The monoisotopic (exact) mass is 507 g/mol. The average molecular weight is 508 g/mol. The molecule has 1 aromatic carbocycles. The number of carbonyl (C=O) groups is 5. The Morgan fingerprint density at radius 3 is 2.17 bits per heavy atom. The molecular formula is C22H33N7O7. The number of benzene rings is 1. The number of nitrogens with one attached hydrogen (secondary N) is 3. The SMILES string of the molecule is NC(N)=NCCCC(NC(=O)C(N)Cc1ccccc1)C(=O)NCC(=O)NC(CCC(=O)O)C(=O)O. The smallest absolute Gasteiger partial charge is 0.326 e. The minimum atomic E-state index is -1.43. The molecule has 0 saturated heterocycles. The van der Waals surface area contributed by atoms with Crippen LogP contribution in [0.4, 0.5) is 0 Å². The van der Waals surface area contributed by atoms with Crippen LogP contribution in [0.25, 0.3) is 0 Å². The summed E-state index contributed by atoms with van der Waals surface area (Å²) >= 11 is 0. The third-order valence-electron chi connectivity index (χ3n) is 4.92. The Hall–Kier alpha value is -4.20. The van der Waals surface area contributed by atoms with Crippen molar-refractivity contribution in [2.24, 2.45) is 22.2 Å². The fraction of sp³-hybridized carbons (Fsp3) is 0.455. The van der Waals surface area contributed by atoms with Gasteiger partial charge in [0.1, 0.15) is 12.1 Å². The summed E-state index contributed by atoms with van der Waals surface area (Å²) in [5, 5.41) is 24.9. The first kappa shape index (κ1) is 29.8. The summed E-state index contributed by atoms with van der Waals surface area (Å²) in [5.74, 6) is -4.87. The molecule has 0 fully saturated rings. The lowest BCUT2D eigenvalue weighted by molar-refractivity contribution is -0.143. The number of aliphatic carboxylic acids is 2. The van der Waals surface area contributed by atoms with Gasteiger partial charge in [0.05, 0.1) is 12.6 Å². The zero-order chi connectivity index (χ0) is 27.1. The van der Waals surface area contributed by atoms with Crippen molar-refractivity contribution >= 4 is 35.6 Å². The van der Waals surface area contributed by atoms with Gasteiger partial charge < -0.3 is 43.4 Å². The number of nitrogens with zero attached hydrogens (tertiary/aromatic N) is 1. The summed E-state index contributed by atoms with van der Waals surface area (Å²) in [6, 6.07) is 5.63. The van der Waals surface area contributed by atoms with E-state index in [0.29, 0.717) is 6.42 Å². The molecule has 14 heteroatoms. The first-order chi connectivity index (χ1) is 17.0. The lowest BCUT2D eigenvalue weighted by Gasteiger charge is -2.21. The summed E-state index contributed by atoms with van der Waals surface area (Å²) in [6.07, 6.45) is -0.0920. The first-order valence-electron chi connectivity index (χ1n) is 11.2. The van der Waals surface area contributed by atoms with Crippen LogP contribution in [0.15, 0.2) is 35.3 Å². The van der Waals surface area contributed by atoms with E-state index in [-0.39, 0.29) is 31.8 Å². The maximum absolute atomic E-state index is 12.7. The molecule has 3 unspecified atom stereocenters. The number of rotatable bonds is 16. The van der Waals surface area contributed by atoms with E-state index >= 15 is 0 Å². The van der Waals surface area contributed by atoms with E-state index in [1.165, 1.54) is 0 Å². The molecule has 0 aliphatic heterocycles. The quantitative estimate of drug-likeness (QED) is 0.0671. The summed E-state index contributed by atoms with van der Waals surface area (Å²) in [6.45, 7) is -0.394. The number of amides is 3. The Kier molecular flexibility index (Phi) is 13.0. The van der Waals surface area contributed by atoms with Crippen LogP contribution in [0, 0.1) is 0 Å². The second kappa shape index (κ2) is 15.7. The summed E-state index contributed by atoms with van der Waals surface area (Å²) in [4.78, 5) is 63.1. The molecule has 0 aliphatic carbocycles. The number of aliphatic imine (C=N–C) groups is 1. The van der Waals surface area contributed by atoms with E-state index in [1.54, 1.807) is 0 Å². The molecule has 11 N–H and O–H groups in total. The van der Waals surface area contributed by atoms with Gasteiger partial charge in [0, 0.05) is 13.0 Å². The van der Waals surface area contributed by atoms with Gasteiger partial charge >= 0.3 is 11.9 Å². The number of carbonyl (C=O) groups excluding carboxylic acids is 3. The van der Waals surface area contributed by atoms with Crippen LogP contribution < -0.4 is 33.2 Å². The highest BCUT2D eigenvalue weighted by molar-refractivity contribution is 5.92. The van der Waals surface area contributed by atoms with Gasteiger partial charge in [-0.05, 0) is 31.2 Å². The van der Waals surface area contributed by atoms with Crippen LogP contribution in [0.3, 0.4) is 0 Å². The van der Waals surface area contributed by atoms with Gasteiger partial charge in [0.25, 0.3) is 0 Å². The minimum absolute atomic E-state index is 0.127. The van der Waals surface area contributed by atoms with E-state index in [0.717, 1.165) is 5.56 Å². The fourth-order valence-electron chi connectivity index (χ4n) is 3.07. The lowest BCUT2D eigenvalue weighted by atomic mass is 10.0. The molecule has 3 atom stereocenters. The van der Waals surface area contributed by atoms with Gasteiger partial charge in [-0.3, -0.25) is 24.2 Å². The normalized spacial score (nSPS) is 12.9. The molecule has 1 rings (SSSR count). The van der Waals surface area contributed by atoms with Crippen molar-refractivity contribution in [1.82, 2.24) is 16.0 Å². The molecule has 0 aromatic heterocycles. The lowest BCUT2D eigenvalue weighted by Crippen LogP contribution is -2.53. The van der Waals surface area contributed by atoms with Crippen LogP contribution in [0.5, 0.6) is 0 Å². The molecule has 0 bridgehead atoms. The third kappa shape index (κ3) is 12.3. The van der Waals surface area contributed by atoms with Crippen molar-refractivity contribution in [3.8, 4) is 0 Å². The molecule has 36 heavy (non-hydrogen) atoms. The number of hydrogen-bond acceptors (Lipinski definition) is 7. The van der Waals surface area contributed by atoms with E-state index in [2.05, 4.69) is 20.9 Å². The molecular weight excluding hydrogens is 474 g/mol. The average Bonchev–Trinajstić information content (AvgIpc) is 2.82. The molecule has 0 radical (unpaired) electrons. The minimum Gasteiger partial charge on any atom is -0.481 e. The molecule has 198 valence electrons. The number of hydrogen-bond donors (Lipinski definition) is 8. The molecule has 0 aliphatic rings. The van der Waals surface area contributed by atoms with Gasteiger partial charge in [0.15, 0.2) is 5.96 Å². The Morgan fingerprint density at radius 1 is 0.917 bits per heavy atom. The summed E-state index contributed by atoms with van der Waals surface area (Å²) < 4.78 is 0. The highest BCUT2D eigenvalue weighted by Crippen LogP contribution is 2.04. The van der Waals surface area contributed by atoms with Gasteiger partial charge in [-0.25, -0.2) is 4.79 Å². The highest BCUT2D eigenvalue weighted by atomic mass is 16.4. The van der Waals surface area contributed by atoms with Gasteiger partial charge in [-0.15, -0.1) is 0 Å². The number of guanidine groups is 1. The van der Waals surface area contributed by atoms with E-state index in [9.17, 15) is 24.0 Å². The summed E-state index contributed by atoms with van der Waals surface area (Å²) in [5.41, 5.74) is 17.4. The second-order valence-electron chi connectivity index (χ2n) is 7.91. The van der Waals surface area contributed by atoms with Crippen LogP contribution >= 0.6 is 0 Å². The number of nitrogens with two attached hydrogens (primary N) is 3. The van der Waals surface area contributed by atoms with E-state index < -0.39 is 60.8 Å². The molecule has 1 aromatic rings. The Balaban J connectivity index is 2.73. The van der Waals surface area contributed by atoms with Gasteiger partial charge in [0.2, 0.25) is 17.7 Å².